The number of hydrogen-bond donors (Lipinski definition) is 0. The molecule has 0 aliphatic heterocycles. The predicted molar refractivity (Wildman–Crippen MR) is 71.1 cm³/mol. The Morgan fingerprint density at radius 3 is 2.67 bits per heavy atom. The van der Waals surface area contributed by atoms with Gasteiger partial charge in [0.1, 0.15) is 11.9 Å². The van der Waals surface area contributed by atoms with Crippen molar-refractivity contribution in [1.82, 2.24) is 9.55 Å². The topological polar surface area (TPSA) is 27.1 Å². The monoisotopic (exact) mass is 314 g/mol. The van der Waals surface area contributed by atoms with Gasteiger partial charge in [-0.3, -0.25) is 0 Å². The highest BCUT2D eigenvalue weighted by Crippen LogP contribution is 2.33. The summed E-state index contributed by atoms with van der Waals surface area (Å²) in [6, 6.07) is 0. The van der Waals surface area contributed by atoms with E-state index in [-0.39, 0.29) is 0 Å². The summed E-state index contributed by atoms with van der Waals surface area (Å²) in [6.07, 6.45) is 8.58. The number of imidazole rings is 1. The van der Waals surface area contributed by atoms with E-state index in [0.717, 1.165) is 12.4 Å². The summed E-state index contributed by atoms with van der Waals surface area (Å²) in [5.74, 6) is 1.12. The smallest absolute Gasteiger partial charge is 0.180 e. The zero-order valence-corrected chi connectivity index (χ0v) is 12.3. The first-order chi connectivity index (χ1) is 6.88. The number of nitrogens with zero attached hydrogens (tertiary/aromatic N) is 2. The molecule has 0 aliphatic rings. The Morgan fingerprint density at radius 1 is 1.53 bits per heavy atom. The molecule has 0 amide bonds. The van der Waals surface area contributed by atoms with Gasteiger partial charge in [0, 0.05) is 11.9 Å². The van der Waals surface area contributed by atoms with Crippen molar-refractivity contribution in [3.05, 3.63) is 16.1 Å². The van der Waals surface area contributed by atoms with Crippen molar-refractivity contribution in [2.24, 2.45) is 0 Å². The van der Waals surface area contributed by atoms with Crippen LogP contribution in [0.25, 0.3) is 0 Å². The molecule has 0 aromatic carbocycles. The van der Waals surface area contributed by atoms with Crippen molar-refractivity contribution >= 4 is 37.6 Å². The van der Waals surface area contributed by atoms with Gasteiger partial charge in [0.2, 0.25) is 0 Å². The molecule has 0 saturated heterocycles. The lowest BCUT2D eigenvalue weighted by Crippen LogP contribution is -2.09. The number of hydrogen-bond acceptors (Lipinski definition) is 2. The van der Waals surface area contributed by atoms with E-state index in [1.54, 1.807) is 6.20 Å². The maximum atomic E-state index is 5.74. The van der Waals surface area contributed by atoms with E-state index in [9.17, 15) is 0 Å². The number of rotatable bonds is 5. The van der Waals surface area contributed by atoms with Crippen molar-refractivity contribution in [1.29, 1.82) is 0 Å². The second-order valence-electron chi connectivity index (χ2n) is 4.13. The van der Waals surface area contributed by atoms with Gasteiger partial charge in [0.05, 0.1) is 6.61 Å². The Kier molecular flexibility index (Phi) is 4.96. The minimum absolute atomic E-state index is 0.471. The molecule has 1 aromatic rings. The summed E-state index contributed by atoms with van der Waals surface area (Å²) in [5, 5.41) is 0.479. The first kappa shape index (κ1) is 13.4. The lowest BCUT2D eigenvalue weighted by molar-refractivity contribution is 0.0880. The standard InChI is InChI=1S/C9H16BrClN2OS/c1-15(2,3)5-4-14-7-13-6-8(11)12-9(13)10/h6H,4-5,7H2,1-3H3. The SMILES string of the molecule is CS(C)(C)CCOCn1cc(Cl)nc1Br. The largest absolute Gasteiger partial charge is 0.360 e. The minimum atomic E-state index is -0.471. The maximum Gasteiger partial charge on any atom is 0.180 e. The van der Waals surface area contributed by atoms with Crippen LogP contribution >= 0.6 is 37.6 Å². The van der Waals surface area contributed by atoms with Crippen molar-refractivity contribution in [3.8, 4) is 0 Å². The molecule has 0 saturated carbocycles. The molecule has 0 radical (unpaired) electrons. The Bertz CT molecular complexity index is 324. The van der Waals surface area contributed by atoms with Crippen LogP contribution in [0.3, 0.4) is 0 Å². The van der Waals surface area contributed by atoms with Crippen molar-refractivity contribution in [2.45, 2.75) is 6.73 Å². The normalized spacial score (nSPS) is 13.1. The predicted octanol–water partition coefficient (Wildman–Crippen LogP) is 2.97. The fraction of sp³-hybridized carbons (Fsp3) is 0.667. The van der Waals surface area contributed by atoms with Crippen molar-refractivity contribution in [3.63, 3.8) is 0 Å². The van der Waals surface area contributed by atoms with Gasteiger partial charge in [-0.1, -0.05) is 11.6 Å². The summed E-state index contributed by atoms with van der Waals surface area (Å²) >= 11 is 9.04. The van der Waals surface area contributed by atoms with Crippen molar-refractivity contribution in [2.75, 3.05) is 31.1 Å². The molecule has 15 heavy (non-hydrogen) atoms. The van der Waals surface area contributed by atoms with Crippen molar-refractivity contribution < 1.29 is 4.74 Å². The van der Waals surface area contributed by atoms with Crippen LogP contribution in [0.1, 0.15) is 0 Å². The summed E-state index contributed by atoms with van der Waals surface area (Å²) < 4.78 is 8.08. The fourth-order valence-corrected chi connectivity index (χ4v) is 2.24. The van der Waals surface area contributed by atoms with Gasteiger partial charge >= 0.3 is 0 Å². The van der Waals surface area contributed by atoms with Gasteiger partial charge in [-0.15, -0.1) is 0 Å². The first-order valence-electron chi connectivity index (χ1n) is 4.50. The van der Waals surface area contributed by atoms with E-state index in [1.807, 2.05) is 4.57 Å². The van der Waals surface area contributed by atoms with Gasteiger partial charge in [-0.25, -0.2) is 15.0 Å². The van der Waals surface area contributed by atoms with Crippen LogP contribution in [0, 0.1) is 0 Å². The third-order valence-electron chi connectivity index (χ3n) is 1.77. The first-order valence-corrected chi connectivity index (χ1v) is 8.70. The molecule has 1 rings (SSSR count). The summed E-state index contributed by atoms with van der Waals surface area (Å²) in [4.78, 5) is 4.01. The minimum Gasteiger partial charge on any atom is -0.360 e. The van der Waals surface area contributed by atoms with E-state index in [0.29, 0.717) is 16.6 Å². The zero-order valence-electron chi connectivity index (χ0n) is 9.17. The van der Waals surface area contributed by atoms with Crippen LogP contribution in [-0.4, -0.2) is 40.7 Å². The number of aromatic nitrogens is 2. The van der Waals surface area contributed by atoms with E-state index < -0.39 is 10.0 Å². The van der Waals surface area contributed by atoms with Crippen LogP contribution in [0.15, 0.2) is 10.9 Å². The molecule has 1 heterocycles. The third kappa shape index (κ3) is 5.24. The summed E-state index contributed by atoms with van der Waals surface area (Å²) in [5.41, 5.74) is 0. The molecule has 6 heteroatoms. The third-order valence-corrected chi connectivity index (χ3v) is 3.98. The average Bonchev–Trinajstić information content (AvgIpc) is 2.37. The zero-order chi connectivity index (χ0) is 11.5. The lowest BCUT2D eigenvalue weighted by Gasteiger charge is -2.24. The highest BCUT2D eigenvalue weighted by Gasteiger charge is 2.05. The fourth-order valence-electron chi connectivity index (χ4n) is 0.925. The molecule has 0 bridgehead atoms. The van der Waals surface area contributed by atoms with Crippen LogP contribution in [0.2, 0.25) is 5.15 Å². The van der Waals surface area contributed by atoms with Crippen LogP contribution in [0.5, 0.6) is 0 Å². The van der Waals surface area contributed by atoms with Gasteiger partial charge in [-0.2, -0.15) is 0 Å². The van der Waals surface area contributed by atoms with Gasteiger partial charge in [0.25, 0.3) is 0 Å². The molecule has 0 fully saturated rings. The number of halogens is 2. The Hall–Kier alpha value is 0.290. The summed E-state index contributed by atoms with van der Waals surface area (Å²) in [6.45, 7) is 1.27. The van der Waals surface area contributed by atoms with Crippen LogP contribution in [0.4, 0.5) is 0 Å². The van der Waals surface area contributed by atoms with Crippen LogP contribution in [-0.2, 0) is 11.5 Å². The molecule has 3 nitrogen and oxygen atoms in total. The Labute approximate surface area is 106 Å². The molecule has 1 aromatic heterocycles. The number of ether oxygens (including phenoxy) is 1. The highest BCUT2D eigenvalue weighted by molar-refractivity contribution is 9.10. The van der Waals surface area contributed by atoms with Gasteiger partial charge in [0.15, 0.2) is 4.73 Å². The second kappa shape index (κ2) is 5.57. The van der Waals surface area contributed by atoms with E-state index in [1.165, 1.54) is 0 Å². The molecule has 0 aliphatic carbocycles. The van der Waals surface area contributed by atoms with E-state index in [2.05, 4.69) is 39.7 Å². The average molecular weight is 316 g/mol. The van der Waals surface area contributed by atoms with E-state index in [4.69, 9.17) is 16.3 Å². The molecular weight excluding hydrogens is 300 g/mol. The van der Waals surface area contributed by atoms with E-state index >= 15 is 0 Å². The van der Waals surface area contributed by atoms with Crippen LogP contribution < -0.4 is 0 Å². The highest BCUT2D eigenvalue weighted by atomic mass is 79.9. The molecular formula is C9H16BrClN2OS. The molecule has 0 spiro atoms. The second-order valence-corrected chi connectivity index (χ2v) is 9.82. The Balaban J connectivity index is 2.29. The Morgan fingerprint density at radius 2 is 2.20 bits per heavy atom. The van der Waals surface area contributed by atoms with Gasteiger partial charge in [-0.05, 0) is 34.7 Å². The molecule has 0 unspecified atom stereocenters. The molecule has 0 N–H and O–H groups in total. The maximum absolute atomic E-state index is 5.74. The molecule has 88 valence electrons. The quantitative estimate of drug-likeness (QED) is 0.781. The van der Waals surface area contributed by atoms with Gasteiger partial charge < -0.3 is 9.30 Å². The molecule has 0 atom stereocenters. The lowest BCUT2D eigenvalue weighted by atomic mass is 10.8. The summed E-state index contributed by atoms with van der Waals surface area (Å²) in [7, 11) is -0.471.